The first kappa shape index (κ1) is 25.7. The summed E-state index contributed by atoms with van der Waals surface area (Å²) in [6, 6.07) is 5.84. The van der Waals surface area contributed by atoms with Crippen molar-refractivity contribution < 1.29 is 17.9 Å². The van der Waals surface area contributed by atoms with Crippen molar-refractivity contribution in [2.24, 2.45) is 5.73 Å². The van der Waals surface area contributed by atoms with Crippen molar-refractivity contribution in [1.82, 2.24) is 10.0 Å². The molecule has 1 atom stereocenters. The standard InChI is InChI=1S/C25H34N4O4S/c1-14-15(2)22(16(3)19-10-11-25(4,5)33-21(14)19)34(31,32)29-20(24(30)28-6)13-17-8-7-9-18(12-17)23(26)27/h7-9,12,20,29H,10-11,13H2,1-6H3,(H3,26,27)(H,28,30). The number of rotatable bonds is 7. The lowest BCUT2D eigenvalue weighted by molar-refractivity contribution is -0.122. The Morgan fingerprint density at radius 1 is 1.21 bits per heavy atom. The molecule has 0 saturated carbocycles. The van der Waals surface area contributed by atoms with Crippen LogP contribution in [0.4, 0.5) is 0 Å². The highest BCUT2D eigenvalue weighted by Gasteiger charge is 2.35. The van der Waals surface area contributed by atoms with Crippen LogP contribution >= 0.6 is 0 Å². The van der Waals surface area contributed by atoms with Crippen molar-refractivity contribution in [2.75, 3.05) is 7.05 Å². The van der Waals surface area contributed by atoms with Gasteiger partial charge in [0.1, 0.15) is 23.2 Å². The van der Waals surface area contributed by atoms with Gasteiger partial charge >= 0.3 is 0 Å². The Morgan fingerprint density at radius 2 is 1.88 bits per heavy atom. The smallest absolute Gasteiger partial charge is 0.241 e. The second kappa shape index (κ2) is 9.38. The average Bonchev–Trinajstić information content (AvgIpc) is 2.75. The highest BCUT2D eigenvalue weighted by molar-refractivity contribution is 7.89. The van der Waals surface area contributed by atoms with E-state index in [-0.39, 0.29) is 22.8 Å². The number of carbonyl (C=O) groups excluding carboxylic acids is 1. The summed E-state index contributed by atoms with van der Waals surface area (Å²) in [6.45, 7) is 9.50. The number of carbonyl (C=O) groups is 1. The van der Waals surface area contributed by atoms with E-state index in [1.165, 1.54) is 7.05 Å². The van der Waals surface area contributed by atoms with Crippen molar-refractivity contribution in [1.29, 1.82) is 5.41 Å². The van der Waals surface area contributed by atoms with E-state index >= 15 is 0 Å². The molecular formula is C25H34N4O4S. The molecule has 0 bridgehead atoms. The van der Waals surface area contributed by atoms with Crippen LogP contribution in [0.3, 0.4) is 0 Å². The van der Waals surface area contributed by atoms with Gasteiger partial charge in [-0.3, -0.25) is 10.2 Å². The number of ether oxygens (including phenoxy) is 1. The van der Waals surface area contributed by atoms with E-state index in [9.17, 15) is 13.2 Å². The first-order valence-corrected chi connectivity index (χ1v) is 12.7. The molecule has 3 rings (SSSR count). The van der Waals surface area contributed by atoms with Gasteiger partial charge in [-0.2, -0.15) is 4.72 Å². The summed E-state index contributed by atoms with van der Waals surface area (Å²) in [5, 5.41) is 10.2. The van der Waals surface area contributed by atoms with E-state index < -0.39 is 22.0 Å². The Labute approximate surface area is 201 Å². The Balaban J connectivity index is 2.01. The molecule has 8 nitrogen and oxygen atoms in total. The molecule has 1 aliphatic rings. The third-order valence-corrected chi connectivity index (χ3v) is 8.22. The van der Waals surface area contributed by atoms with Crippen molar-refractivity contribution in [3.8, 4) is 5.75 Å². The van der Waals surface area contributed by atoms with Gasteiger partial charge < -0.3 is 15.8 Å². The summed E-state index contributed by atoms with van der Waals surface area (Å²) in [5.41, 5.74) is 9.41. The largest absolute Gasteiger partial charge is 0.487 e. The van der Waals surface area contributed by atoms with Crippen LogP contribution in [0.25, 0.3) is 0 Å². The van der Waals surface area contributed by atoms with Gasteiger partial charge in [0.05, 0.1) is 4.90 Å². The molecule has 9 heteroatoms. The molecular weight excluding hydrogens is 452 g/mol. The number of fused-ring (bicyclic) bond motifs is 1. The van der Waals surface area contributed by atoms with E-state index in [1.54, 1.807) is 38.1 Å². The normalized spacial score (nSPS) is 15.7. The third kappa shape index (κ3) is 5.10. The Morgan fingerprint density at radius 3 is 2.50 bits per heavy atom. The third-order valence-electron chi connectivity index (χ3n) is 6.47. The number of hydrogen-bond donors (Lipinski definition) is 4. The first-order chi connectivity index (χ1) is 15.8. The minimum Gasteiger partial charge on any atom is -0.487 e. The van der Waals surface area contributed by atoms with Crippen LogP contribution in [-0.4, -0.2) is 38.9 Å². The van der Waals surface area contributed by atoms with Crippen LogP contribution in [0.2, 0.25) is 0 Å². The van der Waals surface area contributed by atoms with Crippen molar-refractivity contribution in [2.45, 2.75) is 70.4 Å². The van der Waals surface area contributed by atoms with E-state index in [1.807, 2.05) is 20.8 Å². The first-order valence-electron chi connectivity index (χ1n) is 11.3. The van der Waals surface area contributed by atoms with Crippen LogP contribution in [0.1, 0.15) is 53.6 Å². The highest BCUT2D eigenvalue weighted by atomic mass is 32.2. The molecule has 5 N–H and O–H groups in total. The summed E-state index contributed by atoms with van der Waals surface area (Å²) in [5.74, 6) is 0.209. The summed E-state index contributed by atoms with van der Waals surface area (Å²) < 4.78 is 36.1. The van der Waals surface area contributed by atoms with E-state index in [4.69, 9.17) is 15.9 Å². The van der Waals surface area contributed by atoms with Crippen molar-refractivity contribution >= 4 is 21.8 Å². The molecule has 0 spiro atoms. The average molecular weight is 487 g/mol. The number of hydrogen-bond acceptors (Lipinski definition) is 5. The quantitative estimate of drug-likeness (QED) is 0.353. The lowest BCUT2D eigenvalue weighted by Crippen LogP contribution is -2.47. The zero-order valence-corrected chi connectivity index (χ0v) is 21.4. The highest BCUT2D eigenvalue weighted by Crippen LogP contribution is 2.42. The van der Waals surface area contributed by atoms with Crippen LogP contribution in [-0.2, 0) is 27.7 Å². The van der Waals surface area contributed by atoms with Crippen molar-refractivity contribution in [3.63, 3.8) is 0 Å². The molecule has 184 valence electrons. The Bertz CT molecular complexity index is 1250. The number of amides is 1. The molecule has 0 aliphatic carbocycles. The SMILES string of the molecule is CNC(=O)C(Cc1cccc(C(=N)N)c1)NS(=O)(=O)c1c(C)c(C)c2c(c1C)CCC(C)(C)O2. The topological polar surface area (TPSA) is 134 Å². The van der Waals surface area contributed by atoms with Gasteiger partial charge in [0.25, 0.3) is 0 Å². The lowest BCUT2D eigenvalue weighted by Gasteiger charge is -2.35. The van der Waals surface area contributed by atoms with Gasteiger partial charge in [0.15, 0.2) is 0 Å². The molecule has 0 saturated heterocycles. The fourth-order valence-corrected chi connectivity index (χ4v) is 6.23. The maximum atomic E-state index is 13.6. The van der Waals surface area contributed by atoms with E-state index in [2.05, 4.69) is 10.0 Å². The molecule has 34 heavy (non-hydrogen) atoms. The fraction of sp³-hybridized carbons (Fsp3) is 0.440. The Hall–Kier alpha value is -2.91. The van der Waals surface area contributed by atoms with Gasteiger partial charge in [-0.05, 0) is 87.8 Å². The summed E-state index contributed by atoms with van der Waals surface area (Å²) in [4.78, 5) is 12.9. The maximum absolute atomic E-state index is 13.6. The summed E-state index contributed by atoms with van der Waals surface area (Å²) >= 11 is 0. The Kier molecular flexibility index (Phi) is 7.10. The monoisotopic (exact) mass is 486 g/mol. The van der Waals surface area contributed by atoms with Crippen LogP contribution in [0.5, 0.6) is 5.75 Å². The minimum atomic E-state index is -4.04. The molecule has 1 heterocycles. The summed E-state index contributed by atoms with van der Waals surface area (Å²) in [7, 11) is -2.57. The van der Waals surface area contributed by atoms with E-state index in [0.29, 0.717) is 28.7 Å². The van der Waals surface area contributed by atoms with Crippen LogP contribution < -0.4 is 20.5 Å². The molecule has 2 aromatic rings. The lowest BCUT2D eigenvalue weighted by atomic mass is 9.88. The number of sulfonamides is 1. The van der Waals surface area contributed by atoms with Gasteiger partial charge in [0, 0.05) is 12.6 Å². The summed E-state index contributed by atoms with van der Waals surface area (Å²) in [6.07, 6.45) is 1.61. The van der Waals surface area contributed by atoms with Crippen LogP contribution in [0.15, 0.2) is 29.2 Å². The molecule has 1 amide bonds. The molecule has 1 aliphatic heterocycles. The minimum absolute atomic E-state index is 0.0971. The molecule has 0 fully saturated rings. The predicted molar refractivity (Wildman–Crippen MR) is 133 cm³/mol. The zero-order chi connectivity index (χ0) is 25.4. The van der Waals surface area contributed by atoms with Gasteiger partial charge in [0.2, 0.25) is 15.9 Å². The fourth-order valence-electron chi connectivity index (χ4n) is 4.46. The molecule has 0 aromatic heterocycles. The molecule has 2 aromatic carbocycles. The van der Waals surface area contributed by atoms with Crippen molar-refractivity contribution in [3.05, 3.63) is 57.6 Å². The molecule has 1 unspecified atom stereocenters. The van der Waals surface area contributed by atoms with Gasteiger partial charge in [-0.25, -0.2) is 8.42 Å². The number of nitrogen functional groups attached to an aromatic ring is 1. The van der Waals surface area contributed by atoms with Gasteiger partial charge in [-0.15, -0.1) is 0 Å². The number of nitrogens with two attached hydrogens (primary N) is 1. The zero-order valence-electron chi connectivity index (χ0n) is 20.6. The number of benzene rings is 2. The van der Waals surface area contributed by atoms with Crippen LogP contribution in [0, 0.1) is 26.2 Å². The number of amidine groups is 1. The second-order valence-electron chi connectivity index (χ2n) is 9.48. The van der Waals surface area contributed by atoms with E-state index in [0.717, 1.165) is 23.3 Å². The predicted octanol–water partition coefficient (Wildman–Crippen LogP) is 2.64. The second-order valence-corrected chi connectivity index (χ2v) is 11.1. The number of likely N-dealkylation sites (N-methyl/N-ethyl adjacent to an activating group) is 1. The number of nitrogens with one attached hydrogen (secondary N) is 3. The molecule has 0 radical (unpaired) electrons. The maximum Gasteiger partial charge on any atom is 0.241 e. The van der Waals surface area contributed by atoms with Gasteiger partial charge in [-0.1, -0.05) is 18.2 Å².